The van der Waals surface area contributed by atoms with Crippen LogP contribution < -0.4 is 5.32 Å². The first-order valence-corrected chi connectivity index (χ1v) is 6.37. The van der Waals surface area contributed by atoms with Gasteiger partial charge in [-0.3, -0.25) is 0 Å². The van der Waals surface area contributed by atoms with E-state index in [1.165, 1.54) is 11.1 Å². The molecule has 0 saturated heterocycles. The van der Waals surface area contributed by atoms with Gasteiger partial charge in [-0.2, -0.15) is 0 Å². The largest absolute Gasteiger partial charge is 0.305 e. The summed E-state index contributed by atoms with van der Waals surface area (Å²) in [7, 11) is 0. The van der Waals surface area contributed by atoms with Crippen LogP contribution in [-0.2, 0) is 6.54 Å². The Morgan fingerprint density at radius 3 is 3.00 bits per heavy atom. The second kappa shape index (κ2) is 5.23. The van der Waals surface area contributed by atoms with Gasteiger partial charge in [0.25, 0.3) is 0 Å². The summed E-state index contributed by atoms with van der Waals surface area (Å²) >= 11 is 1.64. The summed E-state index contributed by atoms with van der Waals surface area (Å²) in [5, 5.41) is 5.55. The zero-order valence-electron chi connectivity index (χ0n) is 9.60. The summed E-state index contributed by atoms with van der Waals surface area (Å²) < 4.78 is 0. The fourth-order valence-electron chi connectivity index (χ4n) is 1.64. The molecule has 0 saturated carbocycles. The lowest BCUT2D eigenvalue weighted by atomic mass is 10.1. The van der Waals surface area contributed by atoms with Crippen LogP contribution >= 0.6 is 11.3 Å². The van der Waals surface area contributed by atoms with Gasteiger partial charge in [-0.15, -0.1) is 11.3 Å². The number of hydrogen-bond acceptors (Lipinski definition) is 3. The lowest BCUT2D eigenvalue weighted by molar-refractivity contribution is 0.569. The topological polar surface area (TPSA) is 24.9 Å². The highest BCUT2D eigenvalue weighted by molar-refractivity contribution is 7.07. The fourth-order valence-corrected chi connectivity index (χ4v) is 2.20. The molecule has 1 aromatic heterocycles. The van der Waals surface area contributed by atoms with Crippen molar-refractivity contribution in [3.8, 4) is 0 Å². The van der Waals surface area contributed by atoms with Crippen molar-refractivity contribution < 1.29 is 0 Å². The Morgan fingerprint density at radius 2 is 2.31 bits per heavy atom. The summed E-state index contributed by atoms with van der Waals surface area (Å²) in [6.45, 7) is 5.14. The molecule has 0 spiro atoms. The second-order valence-electron chi connectivity index (χ2n) is 4.00. The number of aryl methyl sites for hydroxylation is 1. The van der Waals surface area contributed by atoms with Gasteiger partial charge < -0.3 is 5.32 Å². The minimum Gasteiger partial charge on any atom is -0.305 e. The molecule has 3 heteroatoms. The molecule has 0 amide bonds. The molecule has 84 valence electrons. The molecule has 0 aliphatic heterocycles. The van der Waals surface area contributed by atoms with Crippen LogP contribution in [0.4, 0.5) is 0 Å². The Kier molecular flexibility index (Phi) is 3.70. The van der Waals surface area contributed by atoms with Gasteiger partial charge in [0.15, 0.2) is 0 Å². The van der Waals surface area contributed by atoms with E-state index in [0.717, 1.165) is 12.2 Å². The molecule has 16 heavy (non-hydrogen) atoms. The molecule has 2 nitrogen and oxygen atoms in total. The van der Waals surface area contributed by atoms with E-state index in [1.807, 2.05) is 5.51 Å². The predicted octanol–water partition coefficient (Wildman–Crippen LogP) is 3.30. The SMILES string of the molecule is Cc1cccc([C@@H](C)NCc2cscn2)c1. The highest BCUT2D eigenvalue weighted by Gasteiger charge is 2.05. The third-order valence-corrected chi connectivity index (χ3v) is 3.25. The van der Waals surface area contributed by atoms with Crippen molar-refractivity contribution in [2.24, 2.45) is 0 Å². The fraction of sp³-hybridized carbons (Fsp3) is 0.308. The van der Waals surface area contributed by atoms with Crippen molar-refractivity contribution >= 4 is 11.3 Å². The molecule has 0 aliphatic rings. The molecule has 1 atom stereocenters. The van der Waals surface area contributed by atoms with Crippen LogP contribution in [0.25, 0.3) is 0 Å². The molecule has 0 bridgehead atoms. The number of benzene rings is 1. The van der Waals surface area contributed by atoms with Crippen LogP contribution in [0.2, 0.25) is 0 Å². The number of thiazole rings is 1. The normalized spacial score (nSPS) is 12.6. The van der Waals surface area contributed by atoms with Crippen LogP contribution in [0.5, 0.6) is 0 Å². The van der Waals surface area contributed by atoms with Gasteiger partial charge in [0, 0.05) is 18.0 Å². The van der Waals surface area contributed by atoms with E-state index >= 15 is 0 Å². The van der Waals surface area contributed by atoms with Crippen LogP contribution in [0, 0.1) is 6.92 Å². The minimum absolute atomic E-state index is 0.363. The zero-order chi connectivity index (χ0) is 11.4. The van der Waals surface area contributed by atoms with Crippen molar-refractivity contribution in [1.29, 1.82) is 0 Å². The van der Waals surface area contributed by atoms with Crippen molar-refractivity contribution in [3.05, 3.63) is 52.0 Å². The van der Waals surface area contributed by atoms with Gasteiger partial charge in [0.2, 0.25) is 0 Å². The maximum absolute atomic E-state index is 4.26. The van der Waals surface area contributed by atoms with Crippen molar-refractivity contribution in [2.75, 3.05) is 0 Å². The zero-order valence-corrected chi connectivity index (χ0v) is 10.4. The van der Waals surface area contributed by atoms with Gasteiger partial charge in [-0.1, -0.05) is 29.8 Å². The lowest BCUT2D eigenvalue weighted by Gasteiger charge is -2.13. The average molecular weight is 232 g/mol. The molecule has 1 aromatic carbocycles. The molecular formula is C13H16N2S. The van der Waals surface area contributed by atoms with Crippen LogP contribution in [0.3, 0.4) is 0 Å². The van der Waals surface area contributed by atoms with E-state index in [9.17, 15) is 0 Å². The second-order valence-corrected chi connectivity index (χ2v) is 4.72. The number of aromatic nitrogens is 1. The van der Waals surface area contributed by atoms with E-state index in [-0.39, 0.29) is 0 Å². The Bertz CT molecular complexity index is 437. The van der Waals surface area contributed by atoms with Crippen molar-refractivity contribution in [3.63, 3.8) is 0 Å². The smallest absolute Gasteiger partial charge is 0.0795 e. The van der Waals surface area contributed by atoms with Crippen molar-refractivity contribution in [1.82, 2.24) is 10.3 Å². The van der Waals surface area contributed by atoms with Crippen LogP contribution in [-0.4, -0.2) is 4.98 Å². The minimum atomic E-state index is 0.363. The summed E-state index contributed by atoms with van der Waals surface area (Å²) in [5.74, 6) is 0. The molecular weight excluding hydrogens is 216 g/mol. The third kappa shape index (κ3) is 2.90. The van der Waals surface area contributed by atoms with E-state index in [1.54, 1.807) is 11.3 Å². The van der Waals surface area contributed by atoms with E-state index in [2.05, 4.69) is 53.8 Å². The first kappa shape index (κ1) is 11.3. The molecule has 1 heterocycles. The summed E-state index contributed by atoms with van der Waals surface area (Å²) in [4.78, 5) is 4.26. The molecule has 2 aromatic rings. The number of nitrogens with one attached hydrogen (secondary N) is 1. The molecule has 0 aliphatic carbocycles. The van der Waals surface area contributed by atoms with Crippen LogP contribution in [0.15, 0.2) is 35.2 Å². The molecule has 0 radical (unpaired) electrons. The summed E-state index contributed by atoms with van der Waals surface area (Å²) in [6, 6.07) is 8.97. The highest BCUT2D eigenvalue weighted by Crippen LogP contribution is 2.14. The Morgan fingerprint density at radius 1 is 1.44 bits per heavy atom. The number of hydrogen-bond donors (Lipinski definition) is 1. The standard InChI is InChI=1S/C13H16N2S/c1-10-4-3-5-12(6-10)11(2)14-7-13-8-16-9-15-13/h3-6,8-9,11,14H,7H2,1-2H3/t11-/m1/s1. The first-order valence-electron chi connectivity index (χ1n) is 5.43. The average Bonchev–Trinajstić information content (AvgIpc) is 2.78. The van der Waals surface area contributed by atoms with Gasteiger partial charge >= 0.3 is 0 Å². The molecule has 0 fully saturated rings. The number of rotatable bonds is 4. The van der Waals surface area contributed by atoms with E-state index in [4.69, 9.17) is 0 Å². The highest BCUT2D eigenvalue weighted by atomic mass is 32.1. The molecule has 2 rings (SSSR count). The first-order chi connectivity index (χ1) is 7.75. The predicted molar refractivity (Wildman–Crippen MR) is 68.5 cm³/mol. The lowest BCUT2D eigenvalue weighted by Crippen LogP contribution is -2.18. The Labute approximate surface area is 100 Å². The van der Waals surface area contributed by atoms with Gasteiger partial charge in [0.05, 0.1) is 11.2 Å². The summed E-state index contributed by atoms with van der Waals surface area (Å²) in [6.07, 6.45) is 0. The maximum Gasteiger partial charge on any atom is 0.0795 e. The third-order valence-electron chi connectivity index (χ3n) is 2.61. The van der Waals surface area contributed by atoms with Gasteiger partial charge in [-0.25, -0.2) is 4.98 Å². The molecule has 1 N–H and O–H groups in total. The summed E-state index contributed by atoms with van der Waals surface area (Å²) in [5.41, 5.74) is 5.62. The Hall–Kier alpha value is -1.19. The van der Waals surface area contributed by atoms with Gasteiger partial charge in [-0.05, 0) is 19.4 Å². The number of nitrogens with zero attached hydrogens (tertiary/aromatic N) is 1. The maximum atomic E-state index is 4.26. The monoisotopic (exact) mass is 232 g/mol. The Balaban J connectivity index is 1.95. The molecule has 0 unspecified atom stereocenters. The quantitative estimate of drug-likeness (QED) is 0.875. The van der Waals surface area contributed by atoms with Gasteiger partial charge in [0.1, 0.15) is 0 Å². The van der Waals surface area contributed by atoms with E-state index < -0.39 is 0 Å². The van der Waals surface area contributed by atoms with Crippen molar-refractivity contribution in [2.45, 2.75) is 26.4 Å². The van der Waals surface area contributed by atoms with E-state index in [0.29, 0.717) is 6.04 Å². The van der Waals surface area contributed by atoms with Crippen LogP contribution in [0.1, 0.15) is 29.8 Å².